The number of fused-ring (bicyclic) bond motifs is 1. The number of amides is 1. The molecule has 0 radical (unpaired) electrons. The van der Waals surface area contributed by atoms with Crippen LogP contribution in [0, 0.1) is 12.8 Å². The molecule has 4 rings (SSSR count). The number of carboxylic acid groups (broad SMARTS) is 1. The summed E-state index contributed by atoms with van der Waals surface area (Å²) in [6.07, 6.45) is 1.76. The first kappa shape index (κ1) is 21.1. The number of hydrogen-bond acceptors (Lipinski definition) is 4. The van der Waals surface area contributed by atoms with Crippen LogP contribution in [0.5, 0.6) is 0 Å². The highest BCUT2D eigenvalue weighted by molar-refractivity contribution is 5.65. The van der Waals surface area contributed by atoms with Crippen molar-refractivity contribution in [2.45, 2.75) is 46.0 Å². The van der Waals surface area contributed by atoms with Crippen LogP contribution in [0.1, 0.15) is 54.3 Å². The topological polar surface area (TPSA) is 79.5 Å². The van der Waals surface area contributed by atoms with Crippen molar-refractivity contribution in [1.29, 1.82) is 0 Å². The normalized spacial score (nSPS) is 16.3. The van der Waals surface area contributed by atoms with Gasteiger partial charge in [0.25, 0.3) is 5.89 Å². The Balaban J connectivity index is 1.54. The maximum absolute atomic E-state index is 11.6. The third-order valence-electron chi connectivity index (χ3n) is 5.90. The Morgan fingerprint density at radius 2 is 1.94 bits per heavy atom. The van der Waals surface area contributed by atoms with Crippen LogP contribution in [0.25, 0.3) is 11.5 Å². The van der Waals surface area contributed by atoms with Crippen LogP contribution in [0.2, 0.25) is 0 Å². The molecule has 6 nitrogen and oxygen atoms in total. The SMILES string of the molecule is Cc1noc(-c2ccc(Cc3ccc4c(c3)CCN(C(=O)O)CC4CC(C)C)cc2)n1. The van der Waals surface area contributed by atoms with Crippen LogP contribution < -0.4 is 0 Å². The van der Waals surface area contributed by atoms with Gasteiger partial charge in [0.2, 0.25) is 0 Å². The molecular formula is C25H29N3O3. The number of aromatic nitrogens is 2. The highest BCUT2D eigenvalue weighted by Gasteiger charge is 2.26. The Morgan fingerprint density at radius 3 is 2.58 bits per heavy atom. The Kier molecular flexibility index (Phi) is 6.07. The molecule has 0 saturated carbocycles. The van der Waals surface area contributed by atoms with Crippen LogP contribution in [0.3, 0.4) is 0 Å². The summed E-state index contributed by atoms with van der Waals surface area (Å²) < 4.78 is 5.24. The van der Waals surface area contributed by atoms with Gasteiger partial charge in [-0.05, 0) is 66.5 Å². The fourth-order valence-electron chi connectivity index (χ4n) is 4.45. The van der Waals surface area contributed by atoms with Gasteiger partial charge in [-0.3, -0.25) is 0 Å². The highest BCUT2D eigenvalue weighted by Crippen LogP contribution is 2.32. The molecule has 1 N–H and O–H groups in total. The molecule has 1 unspecified atom stereocenters. The maximum Gasteiger partial charge on any atom is 0.407 e. The van der Waals surface area contributed by atoms with Gasteiger partial charge in [0.1, 0.15) is 0 Å². The molecule has 1 aliphatic heterocycles. The van der Waals surface area contributed by atoms with Crippen molar-refractivity contribution in [2.24, 2.45) is 5.92 Å². The fraction of sp³-hybridized carbons (Fsp3) is 0.400. The van der Waals surface area contributed by atoms with E-state index in [9.17, 15) is 9.90 Å². The second-order valence-corrected chi connectivity index (χ2v) is 8.86. The van der Waals surface area contributed by atoms with Gasteiger partial charge < -0.3 is 14.5 Å². The molecule has 31 heavy (non-hydrogen) atoms. The molecule has 0 aliphatic carbocycles. The van der Waals surface area contributed by atoms with Gasteiger partial charge in [0, 0.05) is 24.6 Å². The Hall–Kier alpha value is -3.15. The molecule has 0 saturated heterocycles. The molecule has 3 aromatic rings. The van der Waals surface area contributed by atoms with Crippen molar-refractivity contribution < 1.29 is 14.4 Å². The second-order valence-electron chi connectivity index (χ2n) is 8.86. The molecule has 2 aromatic carbocycles. The number of rotatable bonds is 5. The van der Waals surface area contributed by atoms with E-state index >= 15 is 0 Å². The summed E-state index contributed by atoms with van der Waals surface area (Å²) in [5, 5.41) is 13.4. The monoisotopic (exact) mass is 419 g/mol. The van der Waals surface area contributed by atoms with Crippen molar-refractivity contribution in [2.75, 3.05) is 13.1 Å². The minimum Gasteiger partial charge on any atom is -0.465 e. The first-order chi connectivity index (χ1) is 14.9. The second kappa shape index (κ2) is 8.92. The third-order valence-corrected chi connectivity index (χ3v) is 5.90. The molecule has 1 aromatic heterocycles. The summed E-state index contributed by atoms with van der Waals surface area (Å²) in [6.45, 7) is 7.34. The van der Waals surface area contributed by atoms with Crippen LogP contribution in [-0.4, -0.2) is 39.3 Å². The lowest BCUT2D eigenvalue weighted by Crippen LogP contribution is -2.33. The predicted octanol–water partition coefficient (Wildman–Crippen LogP) is 5.30. The minimum absolute atomic E-state index is 0.250. The van der Waals surface area contributed by atoms with Gasteiger partial charge in [-0.15, -0.1) is 0 Å². The van der Waals surface area contributed by atoms with E-state index in [4.69, 9.17) is 4.52 Å². The summed E-state index contributed by atoms with van der Waals surface area (Å²) in [5.41, 5.74) is 5.95. The Labute approximate surface area is 182 Å². The minimum atomic E-state index is -0.821. The molecular weight excluding hydrogens is 390 g/mol. The van der Waals surface area contributed by atoms with E-state index < -0.39 is 6.09 Å². The van der Waals surface area contributed by atoms with E-state index in [1.807, 2.05) is 12.1 Å². The van der Waals surface area contributed by atoms with E-state index in [-0.39, 0.29) is 5.92 Å². The zero-order valence-electron chi connectivity index (χ0n) is 18.3. The van der Waals surface area contributed by atoms with E-state index in [2.05, 4.69) is 54.3 Å². The fourth-order valence-corrected chi connectivity index (χ4v) is 4.45. The van der Waals surface area contributed by atoms with Gasteiger partial charge in [-0.1, -0.05) is 49.3 Å². The molecule has 0 bridgehead atoms. The standard InChI is InChI=1S/C25H29N3O3/c1-16(2)12-22-15-28(25(29)30)11-10-21-14-19(6-9-23(21)22)13-18-4-7-20(8-5-18)24-26-17(3)27-31-24/h4-9,14,16,22H,10-13,15H2,1-3H3,(H,29,30). The number of benzene rings is 2. The summed E-state index contributed by atoms with van der Waals surface area (Å²) >= 11 is 0. The number of hydrogen-bond donors (Lipinski definition) is 1. The van der Waals surface area contributed by atoms with Crippen LogP contribution in [-0.2, 0) is 12.8 Å². The van der Waals surface area contributed by atoms with Crippen LogP contribution >= 0.6 is 0 Å². The molecule has 1 atom stereocenters. The Morgan fingerprint density at radius 1 is 1.19 bits per heavy atom. The maximum atomic E-state index is 11.6. The van der Waals surface area contributed by atoms with Gasteiger partial charge in [-0.25, -0.2) is 4.79 Å². The predicted molar refractivity (Wildman–Crippen MR) is 119 cm³/mol. The van der Waals surface area contributed by atoms with Gasteiger partial charge in [-0.2, -0.15) is 4.98 Å². The number of carbonyl (C=O) groups is 1. The summed E-state index contributed by atoms with van der Waals surface area (Å²) in [7, 11) is 0. The molecule has 6 heteroatoms. The zero-order chi connectivity index (χ0) is 22.0. The quantitative estimate of drug-likeness (QED) is 0.607. The third kappa shape index (κ3) is 4.95. The first-order valence-corrected chi connectivity index (χ1v) is 10.9. The molecule has 2 heterocycles. The van der Waals surface area contributed by atoms with Gasteiger partial charge >= 0.3 is 6.09 Å². The smallest absolute Gasteiger partial charge is 0.407 e. The first-order valence-electron chi connectivity index (χ1n) is 10.9. The lowest BCUT2D eigenvalue weighted by Gasteiger charge is -2.24. The van der Waals surface area contributed by atoms with Crippen molar-refractivity contribution >= 4 is 6.09 Å². The largest absolute Gasteiger partial charge is 0.465 e. The number of nitrogens with zero attached hydrogens (tertiary/aromatic N) is 3. The van der Waals surface area contributed by atoms with Crippen LogP contribution in [0.15, 0.2) is 47.0 Å². The van der Waals surface area contributed by atoms with Crippen LogP contribution in [0.4, 0.5) is 4.79 Å². The van der Waals surface area contributed by atoms with Gasteiger partial charge in [0.05, 0.1) is 0 Å². The lowest BCUT2D eigenvalue weighted by atomic mass is 9.86. The average molecular weight is 420 g/mol. The lowest BCUT2D eigenvalue weighted by molar-refractivity contribution is 0.142. The molecule has 0 spiro atoms. The van der Waals surface area contributed by atoms with E-state index in [0.29, 0.717) is 30.7 Å². The molecule has 162 valence electrons. The van der Waals surface area contributed by atoms with E-state index in [0.717, 1.165) is 24.8 Å². The van der Waals surface area contributed by atoms with Crippen molar-refractivity contribution in [3.05, 3.63) is 70.5 Å². The van der Waals surface area contributed by atoms with Crippen molar-refractivity contribution in [3.8, 4) is 11.5 Å². The molecule has 1 aliphatic rings. The molecule has 0 fully saturated rings. The Bertz CT molecular complexity index is 1060. The summed E-state index contributed by atoms with van der Waals surface area (Å²) in [4.78, 5) is 17.5. The van der Waals surface area contributed by atoms with Crippen molar-refractivity contribution in [3.63, 3.8) is 0 Å². The zero-order valence-corrected chi connectivity index (χ0v) is 18.3. The summed E-state index contributed by atoms with van der Waals surface area (Å²) in [6, 6.07) is 14.9. The van der Waals surface area contributed by atoms with Crippen molar-refractivity contribution in [1.82, 2.24) is 15.0 Å². The van der Waals surface area contributed by atoms with E-state index in [1.165, 1.54) is 22.3 Å². The van der Waals surface area contributed by atoms with E-state index in [1.54, 1.807) is 11.8 Å². The average Bonchev–Trinajstić information content (AvgIpc) is 3.08. The summed E-state index contributed by atoms with van der Waals surface area (Å²) in [5.74, 6) is 1.93. The number of aryl methyl sites for hydroxylation is 1. The highest BCUT2D eigenvalue weighted by atomic mass is 16.5. The van der Waals surface area contributed by atoms with Gasteiger partial charge in [0.15, 0.2) is 5.82 Å². The molecule has 1 amide bonds.